The summed E-state index contributed by atoms with van der Waals surface area (Å²) < 4.78 is 45.1. The zero-order valence-corrected chi connectivity index (χ0v) is 15.5. The van der Waals surface area contributed by atoms with Gasteiger partial charge in [0.05, 0.1) is 29.2 Å². The molecule has 0 bridgehead atoms. The number of ether oxygens (including phenoxy) is 1. The van der Waals surface area contributed by atoms with Crippen LogP contribution in [0.5, 0.6) is 0 Å². The molecule has 0 aliphatic carbocycles. The van der Waals surface area contributed by atoms with E-state index in [-0.39, 0.29) is 34.2 Å². The maximum atomic E-state index is 13.2. The van der Waals surface area contributed by atoms with Gasteiger partial charge in [0.2, 0.25) is 0 Å². The van der Waals surface area contributed by atoms with Gasteiger partial charge in [0.15, 0.2) is 5.69 Å². The van der Waals surface area contributed by atoms with Crippen LogP contribution >= 0.6 is 0 Å². The number of alkyl halides is 3. The molecule has 0 fully saturated rings. The molecule has 0 saturated carbocycles. The van der Waals surface area contributed by atoms with E-state index in [1.54, 1.807) is 19.1 Å². The van der Waals surface area contributed by atoms with Crippen LogP contribution in [-0.2, 0) is 11.3 Å². The lowest BCUT2D eigenvalue weighted by atomic mass is 10.0. The summed E-state index contributed by atoms with van der Waals surface area (Å²) in [5.41, 5.74) is 0.111. The predicted octanol–water partition coefficient (Wildman–Crippen LogP) is 3.07. The van der Waals surface area contributed by atoms with Crippen molar-refractivity contribution in [2.45, 2.75) is 19.6 Å². The van der Waals surface area contributed by atoms with Crippen molar-refractivity contribution in [3.63, 3.8) is 0 Å². The SMILES string of the molecule is CCOC(=O)c1ncccc1-c1cnc2c3[nH]ncc3c(=O)n(CC(F)(F)F)c2c1. The lowest BCUT2D eigenvalue weighted by Crippen LogP contribution is -2.28. The van der Waals surface area contributed by atoms with Gasteiger partial charge in [0, 0.05) is 23.5 Å². The van der Waals surface area contributed by atoms with Gasteiger partial charge in [-0.15, -0.1) is 0 Å². The molecule has 4 heterocycles. The van der Waals surface area contributed by atoms with Crippen molar-refractivity contribution < 1.29 is 22.7 Å². The van der Waals surface area contributed by atoms with E-state index < -0.39 is 24.2 Å². The van der Waals surface area contributed by atoms with Gasteiger partial charge >= 0.3 is 12.1 Å². The number of hydrogen-bond acceptors (Lipinski definition) is 6. The molecule has 0 aromatic carbocycles. The van der Waals surface area contributed by atoms with Crippen LogP contribution in [-0.4, -0.2) is 43.5 Å². The van der Waals surface area contributed by atoms with Gasteiger partial charge in [-0.25, -0.2) is 9.78 Å². The Hall–Kier alpha value is -3.76. The minimum absolute atomic E-state index is 0.000547. The van der Waals surface area contributed by atoms with E-state index >= 15 is 0 Å². The Balaban J connectivity index is 2.00. The second-order valence-electron chi connectivity index (χ2n) is 6.38. The first-order valence-electron chi connectivity index (χ1n) is 8.85. The maximum absolute atomic E-state index is 13.2. The van der Waals surface area contributed by atoms with Crippen molar-refractivity contribution in [2.24, 2.45) is 0 Å². The summed E-state index contributed by atoms with van der Waals surface area (Å²) in [4.78, 5) is 33.2. The van der Waals surface area contributed by atoms with E-state index in [1.807, 2.05) is 0 Å². The van der Waals surface area contributed by atoms with Crippen molar-refractivity contribution >= 4 is 27.9 Å². The number of esters is 1. The van der Waals surface area contributed by atoms with Crippen molar-refractivity contribution in [1.82, 2.24) is 24.7 Å². The predicted molar refractivity (Wildman–Crippen MR) is 101 cm³/mol. The normalized spacial score (nSPS) is 11.9. The molecule has 0 radical (unpaired) electrons. The number of pyridine rings is 3. The molecule has 0 atom stereocenters. The Labute approximate surface area is 166 Å². The molecule has 0 spiro atoms. The zero-order valence-electron chi connectivity index (χ0n) is 15.5. The first kappa shape index (κ1) is 19.6. The summed E-state index contributed by atoms with van der Waals surface area (Å²) in [5, 5.41) is 6.36. The Morgan fingerprint density at radius 1 is 1.27 bits per heavy atom. The second-order valence-corrected chi connectivity index (χ2v) is 6.38. The Morgan fingerprint density at radius 3 is 2.80 bits per heavy atom. The number of fused-ring (bicyclic) bond motifs is 3. The summed E-state index contributed by atoms with van der Waals surface area (Å²) in [7, 11) is 0. The summed E-state index contributed by atoms with van der Waals surface area (Å²) in [6.07, 6.45) is -0.670. The zero-order chi connectivity index (χ0) is 21.5. The highest BCUT2D eigenvalue weighted by molar-refractivity contribution is 6.02. The average molecular weight is 417 g/mol. The number of halogens is 3. The molecule has 1 N–H and O–H groups in total. The molecule has 4 aromatic rings. The molecule has 8 nitrogen and oxygen atoms in total. The fourth-order valence-corrected chi connectivity index (χ4v) is 3.22. The average Bonchev–Trinajstić information content (AvgIpc) is 3.20. The Morgan fingerprint density at radius 2 is 2.07 bits per heavy atom. The van der Waals surface area contributed by atoms with E-state index in [0.717, 1.165) is 0 Å². The maximum Gasteiger partial charge on any atom is 0.406 e. The van der Waals surface area contributed by atoms with Gasteiger partial charge in [-0.3, -0.25) is 19.4 Å². The van der Waals surface area contributed by atoms with Crippen molar-refractivity contribution in [2.75, 3.05) is 6.61 Å². The number of hydrogen-bond donors (Lipinski definition) is 1. The van der Waals surface area contributed by atoms with Crippen molar-refractivity contribution in [3.05, 3.63) is 52.8 Å². The molecule has 0 amide bonds. The molecular formula is C19H14F3N5O3. The van der Waals surface area contributed by atoms with Crippen LogP contribution in [0.4, 0.5) is 13.2 Å². The molecule has 0 aliphatic rings. The third-order valence-corrected chi connectivity index (χ3v) is 4.43. The van der Waals surface area contributed by atoms with Crippen molar-refractivity contribution in [1.29, 1.82) is 0 Å². The minimum atomic E-state index is -4.63. The summed E-state index contributed by atoms with van der Waals surface area (Å²) in [6.45, 7) is 0.281. The molecule has 0 unspecified atom stereocenters. The third kappa shape index (κ3) is 3.38. The smallest absolute Gasteiger partial charge is 0.406 e. The molecule has 4 aromatic heterocycles. The second kappa shape index (κ2) is 7.25. The molecule has 0 saturated heterocycles. The topological polar surface area (TPSA) is 103 Å². The van der Waals surface area contributed by atoms with E-state index in [2.05, 4.69) is 20.2 Å². The quantitative estimate of drug-likeness (QED) is 0.512. The first-order valence-corrected chi connectivity index (χ1v) is 8.85. The van der Waals surface area contributed by atoms with Crippen LogP contribution in [0, 0.1) is 0 Å². The lowest BCUT2D eigenvalue weighted by Gasteiger charge is -2.14. The molecule has 154 valence electrons. The van der Waals surface area contributed by atoms with Gasteiger partial charge in [0.25, 0.3) is 5.56 Å². The fraction of sp³-hybridized carbons (Fsp3) is 0.211. The van der Waals surface area contributed by atoms with E-state index in [9.17, 15) is 22.8 Å². The molecule has 30 heavy (non-hydrogen) atoms. The lowest BCUT2D eigenvalue weighted by molar-refractivity contribution is -0.140. The van der Waals surface area contributed by atoms with Crippen molar-refractivity contribution in [3.8, 4) is 11.1 Å². The van der Waals surface area contributed by atoms with E-state index in [1.165, 1.54) is 24.7 Å². The fourth-order valence-electron chi connectivity index (χ4n) is 3.22. The highest BCUT2D eigenvalue weighted by Crippen LogP contribution is 2.28. The summed E-state index contributed by atoms with van der Waals surface area (Å²) >= 11 is 0. The van der Waals surface area contributed by atoms with E-state index in [0.29, 0.717) is 15.7 Å². The number of rotatable bonds is 4. The van der Waals surface area contributed by atoms with Crippen LogP contribution in [0.15, 0.2) is 41.6 Å². The highest BCUT2D eigenvalue weighted by atomic mass is 19.4. The highest BCUT2D eigenvalue weighted by Gasteiger charge is 2.30. The molecule has 4 rings (SSSR count). The van der Waals surface area contributed by atoms with E-state index in [4.69, 9.17) is 4.74 Å². The van der Waals surface area contributed by atoms with Crippen LogP contribution in [0.2, 0.25) is 0 Å². The third-order valence-electron chi connectivity index (χ3n) is 4.43. The molecular weight excluding hydrogens is 403 g/mol. The largest absolute Gasteiger partial charge is 0.461 e. The summed E-state index contributed by atoms with van der Waals surface area (Å²) in [6, 6.07) is 4.52. The van der Waals surface area contributed by atoms with Gasteiger partial charge in [-0.1, -0.05) is 6.07 Å². The number of H-pyrrole nitrogens is 1. The number of carbonyl (C=O) groups is 1. The van der Waals surface area contributed by atoms with Gasteiger partial charge in [0.1, 0.15) is 12.1 Å². The van der Waals surface area contributed by atoms with Crippen LogP contribution in [0.3, 0.4) is 0 Å². The van der Waals surface area contributed by atoms with Gasteiger partial charge < -0.3 is 4.74 Å². The number of nitrogens with one attached hydrogen (secondary N) is 1. The molecule has 0 aliphatic heterocycles. The number of carbonyl (C=O) groups excluding carboxylic acids is 1. The monoisotopic (exact) mass is 417 g/mol. The summed E-state index contributed by atoms with van der Waals surface area (Å²) in [5.74, 6) is -0.676. The molecule has 11 heteroatoms. The van der Waals surface area contributed by atoms with Crippen LogP contribution < -0.4 is 5.56 Å². The standard InChI is InChI=1S/C19H14F3N5O3/c1-2-30-18(29)15-11(4-3-5-23-15)10-6-13-16(24-7-10)14-12(8-25-26-14)17(28)27(13)9-19(20,21)22/h3-8H,2,9H2,1H3,(H,25,26). The van der Waals surface area contributed by atoms with Gasteiger partial charge in [-0.05, 0) is 19.1 Å². The first-order chi connectivity index (χ1) is 14.3. The minimum Gasteiger partial charge on any atom is -0.461 e. The van der Waals surface area contributed by atoms with Crippen LogP contribution in [0.25, 0.3) is 33.1 Å². The number of aromatic amines is 1. The van der Waals surface area contributed by atoms with Crippen LogP contribution in [0.1, 0.15) is 17.4 Å². The number of nitrogens with zero attached hydrogens (tertiary/aromatic N) is 4. The Kier molecular flexibility index (Phi) is 4.72. The number of aromatic nitrogens is 5. The van der Waals surface area contributed by atoms with Gasteiger partial charge in [-0.2, -0.15) is 18.3 Å². The Bertz CT molecular complexity index is 1330.